The van der Waals surface area contributed by atoms with E-state index in [0.29, 0.717) is 6.04 Å². The second kappa shape index (κ2) is 7.53. The van der Waals surface area contributed by atoms with Crippen LogP contribution in [0.3, 0.4) is 0 Å². The van der Waals surface area contributed by atoms with Gasteiger partial charge >= 0.3 is 0 Å². The molecule has 5 rings (SSSR count). The van der Waals surface area contributed by atoms with Crippen molar-refractivity contribution in [3.05, 3.63) is 71.4 Å². The van der Waals surface area contributed by atoms with Crippen LogP contribution < -0.4 is 10.1 Å². The number of rotatable bonds is 5. The summed E-state index contributed by atoms with van der Waals surface area (Å²) >= 11 is 0. The molecular weight excluding hydrogens is 346 g/mol. The minimum absolute atomic E-state index is 0.281. The number of fused-ring (bicyclic) bond motifs is 1. The van der Waals surface area contributed by atoms with Gasteiger partial charge in [0.2, 0.25) is 0 Å². The van der Waals surface area contributed by atoms with Gasteiger partial charge in [-0.15, -0.1) is 0 Å². The molecule has 2 saturated heterocycles. The summed E-state index contributed by atoms with van der Waals surface area (Å²) in [5.41, 5.74) is 4.87. The summed E-state index contributed by atoms with van der Waals surface area (Å²) in [5, 5.41) is 4.50. The van der Waals surface area contributed by atoms with E-state index in [1.165, 1.54) is 11.1 Å². The zero-order valence-electron chi connectivity index (χ0n) is 16.4. The molecule has 1 N–H and O–H groups in total. The Balaban J connectivity index is 1.21. The third kappa shape index (κ3) is 3.89. The molecule has 4 heteroatoms. The summed E-state index contributed by atoms with van der Waals surface area (Å²) in [6.07, 6.45) is 2.42. The Kier molecular flexibility index (Phi) is 4.75. The Morgan fingerprint density at radius 1 is 1.07 bits per heavy atom. The number of piperidine rings is 1. The average molecular weight is 374 g/mol. The van der Waals surface area contributed by atoms with Crippen molar-refractivity contribution in [1.82, 2.24) is 15.2 Å². The normalized spacial score (nSPS) is 20.4. The molecular formula is C24H27N3O. The maximum atomic E-state index is 6.43. The Hall–Kier alpha value is -2.43. The maximum absolute atomic E-state index is 6.43. The first-order valence-electron chi connectivity index (χ1n) is 10.3. The number of nitrogens with one attached hydrogen (secondary N) is 1. The van der Waals surface area contributed by atoms with Gasteiger partial charge in [0.25, 0.3) is 0 Å². The van der Waals surface area contributed by atoms with Crippen molar-refractivity contribution in [2.45, 2.75) is 38.5 Å². The molecule has 0 radical (unpaired) electrons. The molecule has 0 spiro atoms. The minimum Gasteiger partial charge on any atom is -0.490 e. The lowest BCUT2D eigenvalue weighted by Gasteiger charge is -2.32. The van der Waals surface area contributed by atoms with E-state index < -0.39 is 0 Å². The SMILES string of the molecule is Cc1cc(OC2CCN(Cc3cccc(C4CN4)c3)CC2)c2ccccc2n1. The molecule has 1 aromatic heterocycles. The van der Waals surface area contributed by atoms with Crippen molar-refractivity contribution in [3.8, 4) is 5.75 Å². The van der Waals surface area contributed by atoms with Crippen molar-refractivity contribution in [2.24, 2.45) is 0 Å². The summed E-state index contributed by atoms with van der Waals surface area (Å²) in [4.78, 5) is 7.17. The molecule has 1 unspecified atom stereocenters. The molecule has 0 bridgehead atoms. The smallest absolute Gasteiger partial charge is 0.130 e. The van der Waals surface area contributed by atoms with Crippen LogP contribution in [0.15, 0.2) is 54.6 Å². The van der Waals surface area contributed by atoms with Crippen molar-refractivity contribution >= 4 is 10.9 Å². The molecule has 0 aliphatic carbocycles. The van der Waals surface area contributed by atoms with E-state index >= 15 is 0 Å². The molecule has 3 heterocycles. The van der Waals surface area contributed by atoms with Crippen molar-refractivity contribution in [1.29, 1.82) is 0 Å². The first kappa shape index (κ1) is 17.7. The van der Waals surface area contributed by atoms with Gasteiger partial charge in [0.15, 0.2) is 0 Å². The molecule has 144 valence electrons. The molecule has 2 aromatic carbocycles. The van der Waals surface area contributed by atoms with E-state index in [1.807, 2.05) is 13.0 Å². The molecule has 3 aromatic rings. The molecule has 2 aliphatic heterocycles. The van der Waals surface area contributed by atoms with E-state index in [0.717, 1.165) is 61.4 Å². The van der Waals surface area contributed by atoms with Gasteiger partial charge in [-0.3, -0.25) is 9.88 Å². The van der Waals surface area contributed by atoms with Crippen LogP contribution in [0.4, 0.5) is 0 Å². The van der Waals surface area contributed by atoms with Gasteiger partial charge in [-0.1, -0.05) is 36.4 Å². The highest BCUT2D eigenvalue weighted by atomic mass is 16.5. The molecule has 4 nitrogen and oxygen atoms in total. The van der Waals surface area contributed by atoms with Crippen molar-refractivity contribution < 1.29 is 4.74 Å². The number of nitrogens with zero attached hydrogens (tertiary/aromatic N) is 2. The van der Waals surface area contributed by atoms with Crippen LogP contribution >= 0.6 is 0 Å². The van der Waals surface area contributed by atoms with Crippen LogP contribution in [0.1, 0.15) is 35.7 Å². The summed E-state index contributed by atoms with van der Waals surface area (Å²) < 4.78 is 6.43. The lowest BCUT2D eigenvalue weighted by atomic mass is 10.0. The second-order valence-corrected chi connectivity index (χ2v) is 8.08. The predicted molar refractivity (Wildman–Crippen MR) is 113 cm³/mol. The third-order valence-electron chi connectivity index (χ3n) is 5.80. The van der Waals surface area contributed by atoms with E-state index in [1.54, 1.807) is 0 Å². The van der Waals surface area contributed by atoms with Gasteiger partial charge in [0, 0.05) is 49.4 Å². The Labute approximate surface area is 166 Å². The highest BCUT2D eigenvalue weighted by molar-refractivity contribution is 5.85. The van der Waals surface area contributed by atoms with Crippen LogP contribution in [0, 0.1) is 6.92 Å². The van der Waals surface area contributed by atoms with Crippen LogP contribution in [0.5, 0.6) is 5.75 Å². The first-order valence-corrected chi connectivity index (χ1v) is 10.3. The molecule has 2 aliphatic rings. The Morgan fingerprint density at radius 3 is 2.71 bits per heavy atom. The zero-order valence-corrected chi connectivity index (χ0v) is 16.4. The quantitative estimate of drug-likeness (QED) is 0.680. The third-order valence-corrected chi connectivity index (χ3v) is 5.80. The minimum atomic E-state index is 0.281. The van der Waals surface area contributed by atoms with Gasteiger partial charge < -0.3 is 10.1 Å². The fourth-order valence-electron chi connectivity index (χ4n) is 4.19. The van der Waals surface area contributed by atoms with Crippen LogP contribution in [-0.2, 0) is 6.54 Å². The van der Waals surface area contributed by atoms with E-state index in [4.69, 9.17) is 4.74 Å². The highest BCUT2D eigenvalue weighted by Gasteiger charge is 2.24. The van der Waals surface area contributed by atoms with Gasteiger partial charge in [-0.25, -0.2) is 0 Å². The standard InChI is InChI=1S/C24H27N3O/c1-17-13-24(21-7-2-3-8-22(21)26-17)28-20-9-11-27(12-10-20)16-18-5-4-6-19(14-18)23-15-25-23/h2-8,13-14,20,23,25H,9-12,15-16H2,1H3. The summed E-state index contributed by atoms with van der Waals surface area (Å²) in [6.45, 7) is 6.35. The number of benzene rings is 2. The number of aryl methyl sites for hydroxylation is 1. The fourth-order valence-corrected chi connectivity index (χ4v) is 4.19. The number of hydrogen-bond donors (Lipinski definition) is 1. The number of hydrogen-bond acceptors (Lipinski definition) is 4. The maximum Gasteiger partial charge on any atom is 0.130 e. The monoisotopic (exact) mass is 373 g/mol. The largest absolute Gasteiger partial charge is 0.490 e. The number of aromatic nitrogens is 1. The van der Waals surface area contributed by atoms with Crippen molar-refractivity contribution in [3.63, 3.8) is 0 Å². The summed E-state index contributed by atoms with van der Waals surface area (Å²) in [7, 11) is 0. The molecule has 1 atom stereocenters. The van der Waals surface area contributed by atoms with Crippen molar-refractivity contribution in [2.75, 3.05) is 19.6 Å². The summed E-state index contributed by atoms with van der Waals surface area (Å²) in [6, 6.07) is 19.9. The molecule has 0 amide bonds. The van der Waals surface area contributed by atoms with Crippen LogP contribution in [-0.4, -0.2) is 35.6 Å². The van der Waals surface area contributed by atoms with Crippen LogP contribution in [0.25, 0.3) is 10.9 Å². The predicted octanol–water partition coefficient (Wildman–Crippen LogP) is 4.23. The Morgan fingerprint density at radius 2 is 1.89 bits per heavy atom. The van der Waals surface area contributed by atoms with E-state index in [-0.39, 0.29) is 6.10 Å². The number of pyridine rings is 1. The van der Waals surface area contributed by atoms with E-state index in [9.17, 15) is 0 Å². The zero-order chi connectivity index (χ0) is 18.9. The lowest BCUT2D eigenvalue weighted by molar-refractivity contribution is 0.0979. The Bertz CT molecular complexity index is 975. The molecule has 28 heavy (non-hydrogen) atoms. The average Bonchev–Trinajstić information content (AvgIpc) is 3.55. The molecule has 0 saturated carbocycles. The number of ether oxygens (including phenoxy) is 1. The first-order chi connectivity index (χ1) is 13.7. The van der Waals surface area contributed by atoms with Gasteiger partial charge in [0.1, 0.15) is 11.9 Å². The lowest BCUT2D eigenvalue weighted by Crippen LogP contribution is -2.37. The number of likely N-dealkylation sites (tertiary alicyclic amines) is 1. The fraction of sp³-hybridized carbons (Fsp3) is 0.375. The second-order valence-electron chi connectivity index (χ2n) is 8.08. The number of para-hydroxylation sites is 1. The van der Waals surface area contributed by atoms with E-state index in [2.05, 4.69) is 63.7 Å². The highest BCUT2D eigenvalue weighted by Crippen LogP contribution is 2.29. The summed E-state index contributed by atoms with van der Waals surface area (Å²) in [5.74, 6) is 0.978. The van der Waals surface area contributed by atoms with Gasteiger partial charge in [0.05, 0.1) is 5.52 Å². The van der Waals surface area contributed by atoms with Gasteiger partial charge in [-0.05, 0) is 43.0 Å². The van der Waals surface area contributed by atoms with Gasteiger partial charge in [-0.2, -0.15) is 0 Å². The van der Waals surface area contributed by atoms with Crippen LogP contribution in [0.2, 0.25) is 0 Å². The molecule has 2 fully saturated rings. The topological polar surface area (TPSA) is 47.3 Å².